The molecule has 1 N–H and O–H groups in total. The summed E-state index contributed by atoms with van der Waals surface area (Å²) in [6, 6.07) is 11.6. The van der Waals surface area contributed by atoms with Crippen LogP contribution in [0.5, 0.6) is 5.75 Å². The maximum atomic E-state index is 14.0. The molecule has 0 radical (unpaired) electrons. The van der Waals surface area contributed by atoms with Crippen LogP contribution < -0.4 is 0 Å². The summed E-state index contributed by atoms with van der Waals surface area (Å²) in [6.07, 6.45) is 3.70. The average Bonchev–Trinajstić information content (AvgIpc) is 3.10. The molecule has 0 atom stereocenters. The molecule has 1 saturated heterocycles. The largest absolute Gasteiger partial charge is 0.508 e. The van der Waals surface area contributed by atoms with E-state index < -0.39 is 5.82 Å². The van der Waals surface area contributed by atoms with Crippen molar-refractivity contribution < 1.29 is 18.7 Å². The number of aromatic nitrogens is 2. The van der Waals surface area contributed by atoms with Crippen LogP contribution in [-0.2, 0) is 0 Å². The van der Waals surface area contributed by atoms with E-state index in [0.29, 0.717) is 25.3 Å². The first kappa shape index (κ1) is 22.3. The number of amides is 1. The summed E-state index contributed by atoms with van der Waals surface area (Å²) in [4.78, 5) is 14.3. The summed E-state index contributed by atoms with van der Waals surface area (Å²) in [5.74, 6) is -1.09. The maximum Gasteiger partial charge on any atom is 0.257 e. The van der Waals surface area contributed by atoms with Gasteiger partial charge in [-0.1, -0.05) is 29.8 Å². The van der Waals surface area contributed by atoms with Gasteiger partial charge in [-0.05, 0) is 49.6 Å². The van der Waals surface area contributed by atoms with Crippen molar-refractivity contribution in [3.63, 3.8) is 0 Å². The SMILES string of the molecule is CF.Cc1cnn(C2CC3(C2)CN(C(=O)c2cc(O)ccc2F)C3)c1-c1ccccc1Cl. The number of carbonyl (C=O) groups excluding carboxylic acids is 1. The second-order valence-electron chi connectivity index (χ2n) is 8.49. The van der Waals surface area contributed by atoms with E-state index in [1.807, 2.05) is 37.4 Å². The zero-order valence-corrected chi connectivity index (χ0v) is 18.6. The minimum Gasteiger partial charge on any atom is -0.508 e. The van der Waals surface area contributed by atoms with Crippen LogP contribution in [0.4, 0.5) is 8.78 Å². The van der Waals surface area contributed by atoms with Gasteiger partial charge in [-0.3, -0.25) is 13.9 Å². The highest BCUT2D eigenvalue weighted by atomic mass is 35.5. The highest BCUT2D eigenvalue weighted by Gasteiger charge is 2.55. The van der Waals surface area contributed by atoms with Crippen molar-refractivity contribution in [3.05, 3.63) is 70.6 Å². The molecule has 2 fully saturated rings. The quantitative estimate of drug-likeness (QED) is 0.569. The van der Waals surface area contributed by atoms with E-state index in [1.165, 1.54) is 12.1 Å². The molecule has 32 heavy (non-hydrogen) atoms. The van der Waals surface area contributed by atoms with Crippen LogP contribution in [0.3, 0.4) is 0 Å². The Morgan fingerprint density at radius 3 is 2.56 bits per heavy atom. The third kappa shape index (κ3) is 3.75. The Morgan fingerprint density at radius 1 is 1.19 bits per heavy atom. The summed E-state index contributed by atoms with van der Waals surface area (Å²) in [6.45, 7) is 3.22. The zero-order chi connectivity index (χ0) is 23.0. The number of likely N-dealkylation sites (tertiary alicyclic amines) is 1. The normalized spacial score (nSPS) is 16.7. The predicted octanol–water partition coefficient (Wildman–Crippen LogP) is 5.42. The predicted molar refractivity (Wildman–Crippen MR) is 119 cm³/mol. The molecule has 168 valence electrons. The number of nitrogens with zero attached hydrogens (tertiary/aromatic N) is 3. The molecule has 8 heteroatoms. The lowest BCUT2D eigenvalue weighted by molar-refractivity contribution is -0.0735. The van der Waals surface area contributed by atoms with Gasteiger partial charge in [-0.2, -0.15) is 5.10 Å². The molecule has 2 aromatic carbocycles. The molecule has 1 amide bonds. The van der Waals surface area contributed by atoms with E-state index in [-0.39, 0.29) is 28.7 Å². The van der Waals surface area contributed by atoms with Crippen molar-refractivity contribution in [1.29, 1.82) is 0 Å². The van der Waals surface area contributed by atoms with Gasteiger partial charge in [0.1, 0.15) is 11.6 Å². The van der Waals surface area contributed by atoms with E-state index in [1.54, 1.807) is 4.90 Å². The van der Waals surface area contributed by atoms with Crippen molar-refractivity contribution in [2.45, 2.75) is 25.8 Å². The van der Waals surface area contributed by atoms with E-state index in [9.17, 15) is 18.7 Å². The Balaban J connectivity index is 0.00000119. The van der Waals surface area contributed by atoms with Crippen molar-refractivity contribution >= 4 is 17.5 Å². The highest BCUT2D eigenvalue weighted by molar-refractivity contribution is 6.33. The van der Waals surface area contributed by atoms with Gasteiger partial charge in [0.05, 0.1) is 30.7 Å². The number of phenols is 1. The van der Waals surface area contributed by atoms with Gasteiger partial charge in [0.25, 0.3) is 5.91 Å². The highest BCUT2D eigenvalue weighted by Crippen LogP contribution is 2.55. The van der Waals surface area contributed by atoms with E-state index >= 15 is 0 Å². The van der Waals surface area contributed by atoms with Gasteiger partial charge in [-0.15, -0.1) is 0 Å². The molecule has 1 aromatic heterocycles. The van der Waals surface area contributed by atoms with E-state index in [0.717, 1.165) is 35.7 Å². The lowest BCUT2D eigenvalue weighted by Gasteiger charge is -2.59. The molecular formula is C24H24ClF2N3O2. The van der Waals surface area contributed by atoms with Crippen LogP contribution in [0, 0.1) is 18.2 Å². The number of hydrogen-bond acceptors (Lipinski definition) is 3. The first-order chi connectivity index (χ1) is 15.4. The number of halogens is 3. The number of aromatic hydroxyl groups is 1. The molecule has 5 rings (SSSR count). The summed E-state index contributed by atoms with van der Waals surface area (Å²) >= 11 is 6.42. The van der Waals surface area contributed by atoms with Gasteiger partial charge in [0.15, 0.2) is 0 Å². The first-order valence-corrected chi connectivity index (χ1v) is 10.7. The topological polar surface area (TPSA) is 58.4 Å². The minimum absolute atomic E-state index is 0.0607. The van der Waals surface area contributed by atoms with Crippen molar-refractivity contribution in [2.24, 2.45) is 5.41 Å². The summed E-state index contributed by atoms with van der Waals surface area (Å²) in [5.41, 5.74) is 3.07. The molecule has 1 aliphatic carbocycles. The van der Waals surface area contributed by atoms with Gasteiger partial charge >= 0.3 is 0 Å². The van der Waals surface area contributed by atoms with Gasteiger partial charge in [-0.25, -0.2) is 4.39 Å². The number of alkyl halides is 1. The zero-order valence-electron chi connectivity index (χ0n) is 17.9. The minimum atomic E-state index is -0.610. The fourth-order valence-corrected chi connectivity index (χ4v) is 5.07. The lowest BCUT2D eigenvalue weighted by atomic mass is 9.60. The van der Waals surface area contributed by atoms with E-state index in [2.05, 4.69) is 9.78 Å². The summed E-state index contributed by atoms with van der Waals surface area (Å²) < 4.78 is 25.5. The number of benzene rings is 2. The molecule has 1 aliphatic heterocycles. The molecule has 1 spiro atoms. The number of carbonyl (C=O) groups is 1. The third-order valence-electron chi connectivity index (χ3n) is 6.31. The molecule has 3 aromatic rings. The van der Waals surface area contributed by atoms with Crippen LogP contribution in [0.25, 0.3) is 11.3 Å². The van der Waals surface area contributed by atoms with Gasteiger partial charge in [0, 0.05) is 29.1 Å². The van der Waals surface area contributed by atoms with Crippen LogP contribution in [0.15, 0.2) is 48.7 Å². The summed E-state index contributed by atoms with van der Waals surface area (Å²) in [5, 5.41) is 14.9. The number of aryl methyl sites for hydroxylation is 1. The molecule has 2 heterocycles. The van der Waals surface area contributed by atoms with Gasteiger partial charge in [0.2, 0.25) is 0 Å². The van der Waals surface area contributed by atoms with Crippen molar-refractivity contribution in [1.82, 2.24) is 14.7 Å². The van der Waals surface area contributed by atoms with Crippen LogP contribution in [-0.4, -0.2) is 46.0 Å². The monoisotopic (exact) mass is 459 g/mol. The second kappa shape index (κ2) is 8.54. The van der Waals surface area contributed by atoms with E-state index in [4.69, 9.17) is 11.6 Å². The second-order valence-corrected chi connectivity index (χ2v) is 8.90. The lowest BCUT2D eigenvalue weighted by Crippen LogP contribution is -2.64. The van der Waals surface area contributed by atoms with Gasteiger partial charge < -0.3 is 10.0 Å². The Bertz CT molecular complexity index is 1150. The fraction of sp³-hybridized carbons (Fsp3) is 0.333. The van der Waals surface area contributed by atoms with Crippen LogP contribution in [0.1, 0.15) is 34.8 Å². The molecular weight excluding hydrogens is 436 g/mol. The Hall–Kier alpha value is -2.93. The molecule has 5 nitrogen and oxygen atoms in total. The molecule has 0 bridgehead atoms. The van der Waals surface area contributed by atoms with Crippen molar-refractivity contribution in [3.8, 4) is 17.0 Å². The number of hydrogen-bond donors (Lipinski definition) is 1. The third-order valence-corrected chi connectivity index (χ3v) is 6.64. The molecule has 1 saturated carbocycles. The van der Waals surface area contributed by atoms with Crippen LogP contribution >= 0.6 is 11.6 Å². The first-order valence-electron chi connectivity index (χ1n) is 10.3. The molecule has 0 unspecified atom stereocenters. The average molecular weight is 460 g/mol. The Morgan fingerprint density at radius 2 is 1.88 bits per heavy atom. The number of phenolic OH excluding ortho intramolecular Hbond substituents is 1. The maximum absolute atomic E-state index is 14.0. The van der Waals surface area contributed by atoms with Crippen molar-refractivity contribution in [2.75, 3.05) is 20.3 Å². The number of rotatable bonds is 3. The molecule has 2 aliphatic rings. The standard InChI is InChI=1S/C23H21ClFN3O2.CH3F/c1-14-11-26-28(21(14)17-4-2-3-5-19(17)24)15-9-23(10-15)12-27(13-23)22(30)18-8-16(29)6-7-20(18)25;1-2/h2-8,11,15,29H,9-10,12-13H2,1H3;1H3. The smallest absolute Gasteiger partial charge is 0.257 e. The summed E-state index contributed by atoms with van der Waals surface area (Å²) in [7, 11) is 0.500. The van der Waals surface area contributed by atoms with Crippen LogP contribution in [0.2, 0.25) is 5.02 Å². The Labute approximate surface area is 190 Å². The fourth-order valence-electron chi connectivity index (χ4n) is 4.84. The Kier molecular flexibility index (Phi) is 5.95.